The quantitative estimate of drug-likeness (QED) is 0.671. The first-order valence-electron chi connectivity index (χ1n) is 7.39. The van der Waals surface area contributed by atoms with Crippen LogP contribution in [-0.2, 0) is 6.04 Å². The lowest BCUT2D eigenvalue weighted by atomic mass is 10.2. The van der Waals surface area contributed by atoms with E-state index in [0.717, 1.165) is 0 Å². The van der Waals surface area contributed by atoms with Gasteiger partial charge in [-0.15, -0.1) is 11.8 Å². The summed E-state index contributed by atoms with van der Waals surface area (Å²) in [4.78, 5) is 1.44. The number of hydrogen-bond donors (Lipinski definition) is 0. The number of benzene rings is 2. The van der Waals surface area contributed by atoms with Crippen LogP contribution in [0.3, 0.4) is 0 Å². The summed E-state index contributed by atoms with van der Waals surface area (Å²) < 4.78 is 0.560. The second kappa shape index (κ2) is 5.42. The molecule has 20 heavy (non-hydrogen) atoms. The van der Waals surface area contributed by atoms with Crippen LogP contribution in [0, 0.1) is 0 Å². The molecule has 1 aliphatic carbocycles. The highest BCUT2D eigenvalue weighted by molar-refractivity contribution is 8.02. The molecule has 104 valence electrons. The molecule has 0 aliphatic heterocycles. The summed E-state index contributed by atoms with van der Waals surface area (Å²) in [5, 5.41) is 0. The van der Waals surface area contributed by atoms with Crippen molar-refractivity contribution in [3.63, 3.8) is 0 Å². The first-order valence-corrected chi connectivity index (χ1v) is 11.4. The summed E-state index contributed by atoms with van der Waals surface area (Å²) in [6.07, 6.45) is 2.80. The summed E-state index contributed by atoms with van der Waals surface area (Å²) >= 11 is 2.14. The molecule has 1 saturated carbocycles. The monoisotopic (exact) mass is 298 g/mol. The molecule has 0 unspecified atom stereocenters. The first-order chi connectivity index (χ1) is 9.61. The van der Waals surface area contributed by atoms with E-state index in [0.29, 0.717) is 4.37 Å². The highest BCUT2D eigenvalue weighted by Crippen LogP contribution is 2.57. The zero-order chi connectivity index (χ0) is 14.1. The van der Waals surface area contributed by atoms with Crippen molar-refractivity contribution in [2.75, 3.05) is 0 Å². The first kappa shape index (κ1) is 14.0. The second-order valence-corrected chi connectivity index (χ2v) is 13.4. The Morgan fingerprint density at radius 3 is 2.00 bits per heavy atom. The molecule has 0 aromatic heterocycles. The van der Waals surface area contributed by atoms with Crippen molar-refractivity contribution in [3.05, 3.63) is 66.2 Å². The molecule has 0 spiro atoms. The third kappa shape index (κ3) is 2.86. The van der Waals surface area contributed by atoms with E-state index in [-0.39, 0.29) is 0 Å². The Morgan fingerprint density at radius 2 is 1.45 bits per heavy atom. The minimum absolute atomic E-state index is 0.560. The summed E-state index contributed by atoms with van der Waals surface area (Å²) in [6.45, 7) is 5.14. The minimum atomic E-state index is -1.28. The predicted molar refractivity (Wildman–Crippen MR) is 91.9 cm³/mol. The van der Waals surface area contributed by atoms with E-state index in [2.05, 4.69) is 85.5 Å². The van der Waals surface area contributed by atoms with Gasteiger partial charge in [0.25, 0.3) is 0 Å². The lowest BCUT2D eigenvalue weighted by Gasteiger charge is -2.32. The smallest absolute Gasteiger partial charge is 0.0704 e. The summed E-state index contributed by atoms with van der Waals surface area (Å²) in [7, 11) is -1.28. The van der Waals surface area contributed by atoms with Crippen molar-refractivity contribution >= 4 is 19.8 Å². The van der Waals surface area contributed by atoms with Crippen molar-refractivity contribution in [1.29, 1.82) is 0 Å². The van der Waals surface area contributed by atoms with Gasteiger partial charge in [0, 0.05) is 9.27 Å². The van der Waals surface area contributed by atoms with Gasteiger partial charge >= 0.3 is 0 Å². The minimum Gasteiger partial charge on any atom is -0.123 e. The van der Waals surface area contributed by atoms with Gasteiger partial charge in [-0.05, 0) is 31.0 Å². The van der Waals surface area contributed by atoms with Crippen LogP contribution in [0.15, 0.2) is 65.6 Å². The van der Waals surface area contributed by atoms with E-state index in [1.165, 1.54) is 29.3 Å². The third-order valence-corrected chi connectivity index (χ3v) is 12.0. The Morgan fingerprint density at radius 1 is 0.900 bits per heavy atom. The molecule has 0 nitrogen and oxygen atoms in total. The zero-order valence-electron chi connectivity index (χ0n) is 12.3. The van der Waals surface area contributed by atoms with Gasteiger partial charge in [-0.1, -0.05) is 67.2 Å². The highest BCUT2D eigenvalue weighted by atomic mass is 32.2. The molecule has 0 bridgehead atoms. The highest BCUT2D eigenvalue weighted by Gasteiger charge is 2.55. The summed E-state index contributed by atoms with van der Waals surface area (Å²) in [6, 6.07) is 23.3. The molecule has 0 heterocycles. The molecule has 0 atom stereocenters. The van der Waals surface area contributed by atoms with Gasteiger partial charge < -0.3 is 0 Å². The van der Waals surface area contributed by atoms with Crippen LogP contribution in [0.4, 0.5) is 0 Å². The molecular formula is C18H22SSi. The Labute approximate surface area is 127 Å². The average molecular weight is 299 g/mol. The van der Waals surface area contributed by atoms with E-state index in [1.54, 1.807) is 0 Å². The molecule has 3 rings (SSSR count). The normalized spacial score (nSPS) is 16.9. The molecule has 2 aromatic carbocycles. The summed E-state index contributed by atoms with van der Waals surface area (Å²) in [5.41, 5.74) is 1.52. The van der Waals surface area contributed by atoms with Gasteiger partial charge in [0.2, 0.25) is 0 Å². The van der Waals surface area contributed by atoms with E-state index in [4.69, 9.17) is 0 Å². The van der Waals surface area contributed by atoms with Crippen LogP contribution in [0.5, 0.6) is 0 Å². The fraction of sp³-hybridized carbons (Fsp3) is 0.333. The fourth-order valence-electron chi connectivity index (χ4n) is 3.01. The number of hydrogen-bond acceptors (Lipinski definition) is 1. The Kier molecular flexibility index (Phi) is 3.78. The third-order valence-electron chi connectivity index (χ3n) is 4.48. The van der Waals surface area contributed by atoms with Crippen LogP contribution >= 0.6 is 11.8 Å². The van der Waals surface area contributed by atoms with E-state index < -0.39 is 8.07 Å². The van der Waals surface area contributed by atoms with Gasteiger partial charge in [-0.2, -0.15) is 0 Å². The van der Waals surface area contributed by atoms with Gasteiger partial charge in [0.05, 0.1) is 8.07 Å². The van der Waals surface area contributed by atoms with Crippen molar-refractivity contribution in [2.24, 2.45) is 0 Å². The molecule has 0 radical (unpaired) electrons. The van der Waals surface area contributed by atoms with Crippen LogP contribution < -0.4 is 0 Å². The van der Waals surface area contributed by atoms with Crippen molar-refractivity contribution in [3.8, 4) is 0 Å². The van der Waals surface area contributed by atoms with E-state index in [9.17, 15) is 0 Å². The van der Waals surface area contributed by atoms with Crippen molar-refractivity contribution < 1.29 is 0 Å². The topological polar surface area (TPSA) is 0 Å². The molecule has 1 fully saturated rings. The van der Waals surface area contributed by atoms with Gasteiger partial charge in [0.1, 0.15) is 0 Å². The largest absolute Gasteiger partial charge is 0.123 e. The molecule has 2 aromatic rings. The van der Waals surface area contributed by atoms with Gasteiger partial charge in [-0.3, -0.25) is 0 Å². The number of thioether (sulfide) groups is 1. The lowest BCUT2D eigenvalue weighted by Crippen LogP contribution is -2.44. The maximum absolute atomic E-state index is 2.57. The van der Waals surface area contributed by atoms with Crippen LogP contribution in [0.2, 0.25) is 13.1 Å². The molecule has 0 amide bonds. The van der Waals surface area contributed by atoms with Crippen molar-refractivity contribution in [2.45, 2.75) is 41.2 Å². The van der Waals surface area contributed by atoms with E-state index in [1.807, 2.05) is 0 Å². The molecule has 1 aliphatic rings. The maximum Gasteiger partial charge on any atom is 0.0704 e. The molecule has 0 N–H and O–H groups in total. The molecule has 0 saturated heterocycles. The lowest BCUT2D eigenvalue weighted by molar-refractivity contribution is 1.16. The Bertz CT molecular complexity index is 517. The van der Waals surface area contributed by atoms with Gasteiger partial charge in [0.15, 0.2) is 0 Å². The zero-order valence-corrected chi connectivity index (χ0v) is 14.1. The SMILES string of the molecule is C[Si](C)(Cc1ccccc1)C1(Sc2ccccc2)CC1. The number of rotatable bonds is 5. The van der Waals surface area contributed by atoms with Crippen LogP contribution in [0.1, 0.15) is 18.4 Å². The summed E-state index contributed by atoms with van der Waals surface area (Å²) in [5.74, 6) is 0. The van der Waals surface area contributed by atoms with Crippen molar-refractivity contribution in [1.82, 2.24) is 0 Å². The van der Waals surface area contributed by atoms with Crippen LogP contribution in [-0.4, -0.2) is 12.4 Å². The predicted octanol–water partition coefficient (Wildman–Crippen LogP) is 5.34. The van der Waals surface area contributed by atoms with Crippen LogP contribution in [0.25, 0.3) is 0 Å². The Balaban J connectivity index is 1.76. The Hall–Kier alpha value is -0.993. The average Bonchev–Trinajstić information content (AvgIpc) is 3.22. The second-order valence-electron chi connectivity index (χ2n) is 6.46. The molecule has 2 heteroatoms. The standard InChI is InChI=1S/C18H22SSi/c1-20(2,15-16-9-5-3-6-10-16)18(13-14-18)19-17-11-7-4-8-12-17/h3-12H,13-15H2,1-2H3. The maximum atomic E-state index is 2.57. The van der Waals surface area contributed by atoms with Gasteiger partial charge in [-0.25, -0.2) is 0 Å². The molecular weight excluding hydrogens is 276 g/mol. The van der Waals surface area contributed by atoms with E-state index >= 15 is 0 Å². The fourth-order valence-corrected chi connectivity index (χ4v) is 8.79.